The molecular formula is C26H27N3O3. The first-order chi connectivity index (χ1) is 15.6. The van der Waals surface area contributed by atoms with Gasteiger partial charge in [-0.15, -0.1) is 0 Å². The number of ether oxygens (including phenoxy) is 2. The van der Waals surface area contributed by atoms with E-state index in [0.717, 1.165) is 28.2 Å². The van der Waals surface area contributed by atoms with Gasteiger partial charge in [-0.05, 0) is 49.7 Å². The third-order valence-electron chi connectivity index (χ3n) is 5.44. The van der Waals surface area contributed by atoms with Crippen molar-refractivity contribution in [2.45, 2.75) is 26.4 Å². The molecule has 0 bridgehead atoms. The van der Waals surface area contributed by atoms with Gasteiger partial charge in [0.1, 0.15) is 23.9 Å². The minimum Gasteiger partial charge on any atom is -0.496 e. The molecule has 0 aliphatic carbocycles. The zero-order valence-corrected chi connectivity index (χ0v) is 18.5. The highest BCUT2D eigenvalue weighted by Gasteiger charge is 2.20. The summed E-state index contributed by atoms with van der Waals surface area (Å²) in [6.45, 7) is 5.07. The molecule has 1 amide bonds. The zero-order chi connectivity index (χ0) is 22.5. The summed E-state index contributed by atoms with van der Waals surface area (Å²) in [5.41, 5.74) is 3.49. The third-order valence-corrected chi connectivity index (χ3v) is 5.44. The van der Waals surface area contributed by atoms with Gasteiger partial charge in [-0.25, -0.2) is 4.98 Å². The predicted molar refractivity (Wildman–Crippen MR) is 125 cm³/mol. The molecule has 32 heavy (non-hydrogen) atoms. The van der Waals surface area contributed by atoms with Gasteiger partial charge in [0.25, 0.3) is 5.91 Å². The lowest BCUT2D eigenvalue weighted by atomic mass is 10.1. The average molecular weight is 430 g/mol. The molecule has 4 aromatic rings. The van der Waals surface area contributed by atoms with Gasteiger partial charge in [0.05, 0.1) is 36.3 Å². The smallest absolute Gasteiger partial charge is 0.255 e. The van der Waals surface area contributed by atoms with E-state index in [1.807, 2.05) is 74.5 Å². The Bertz CT molecular complexity index is 1230. The molecule has 1 atom stereocenters. The summed E-state index contributed by atoms with van der Waals surface area (Å²) in [7, 11) is 1.56. The van der Waals surface area contributed by atoms with Crippen LogP contribution in [0.2, 0.25) is 0 Å². The number of nitrogens with one attached hydrogen (secondary N) is 1. The molecule has 164 valence electrons. The summed E-state index contributed by atoms with van der Waals surface area (Å²) in [5, 5.41) is 3.06. The highest BCUT2D eigenvalue weighted by Crippen LogP contribution is 2.23. The van der Waals surface area contributed by atoms with Crippen LogP contribution in [0.1, 0.15) is 34.7 Å². The molecule has 0 spiro atoms. The normalized spacial score (nSPS) is 11.8. The van der Waals surface area contributed by atoms with Gasteiger partial charge in [0, 0.05) is 0 Å². The molecule has 3 aromatic carbocycles. The van der Waals surface area contributed by atoms with Crippen molar-refractivity contribution in [1.82, 2.24) is 14.9 Å². The maximum atomic E-state index is 12.9. The number of hydrogen-bond donors (Lipinski definition) is 1. The van der Waals surface area contributed by atoms with E-state index < -0.39 is 0 Å². The molecule has 1 unspecified atom stereocenters. The van der Waals surface area contributed by atoms with Crippen molar-refractivity contribution in [2.75, 3.05) is 13.7 Å². The van der Waals surface area contributed by atoms with Crippen molar-refractivity contribution >= 4 is 16.9 Å². The topological polar surface area (TPSA) is 65.4 Å². The number of hydrogen-bond acceptors (Lipinski definition) is 4. The molecule has 6 nitrogen and oxygen atoms in total. The summed E-state index contributed by atoms with van der Waals surface area (Å²) in [6, 6.07) is 22.8. The number of carbonyl (C=O) groups excluding carboxylic acids is 1. The molecule has 1 heterocycles. The number of para-hydroxylation sites is 4. The third kappa shape index (κ3) is 4.44. The molecule has 1 aromatic heterocycles. The summed E-state index contributed by atoms with van der Waals surface area (Å²) in [4.78, 5) is 17.7. The SMILES string of the molecule is COc1ccccc1C(=O)NC(C)c1nc2ccccc2n1CCOc1ccccc1C. The van der Waals surface area contributed by atoms with Crippen LogP contribution in [0.5, 0.6) is 11.5 Å². The standard InChI is InChI=1S/C26H27N3O3/c1-18-10-4-8-14-23(18)32-17-16-29-22-13-7-6-12-21(22)28-25(29)19(2)27-26(30)20-11-5-9-15-24(20)31-3/h4-15,19H,16-17H2,1-3H3,(H,27,30). The Balaban J connectivity index is 1.56. The van der Waals surface area contributed by atoms with E-state index in [9.17, 15) is 4.79 Å². The second-order valence-corrected chi connectivity index (χ2v) is 7.62. The fraction of sp³-hybridized carbons (Fsp3) is 0.231. The van der Waals surface area contributed by atoms with E-state index in [2.05, 4.69) is 9.88 Å². The van der Waals surface area contributed by atoms with Crippen LogP contribution in [0.4, 0.5) is 0 Å². The van der Waals surface area contributed by atoms with Crippen LogP contribution < -0.4 is 14.8 Å². The van der Waals surface area contributed by atoms with Crippen LogP contribution in [0.3, 0.4) is 0 Å². The van der Waals surface area contributed by atoms with Gasteiger partial charge in [-0.2, -0.15) is 0 Å². The van der Waals surface area contributed by atoms with Gasteiger partial charge >= 0.3 is 0 Å². The second-order valence-electron chi connectivity index (χ2n) is 7.62. The largest absolute Gasteiger partial charge is 0.496 e. The number of aryl methyl sites for hydroxylation is 1. The van der Waals surface area contributed by atoms with E-state index in [-0.39, 0.29) is 11.9 Å². The first-order valence-corrected chi connectivity index (χ1v) is 10.7. The van der Waals surface area contributed by atoms with Gasteiger partial charge in [-0.3, -0.25) is 4.79 Å². The lowest BCUT2D eigenvalue weighted by molar-refractivity contribution is 0.0934. The number of rotatable bonds is 8. The minimum atomic E-state index is -0.307. The van der Waals surface area contributed by atoms with E-state index in [4.69, 9.17) is 14.5 Å². The number of aromatic nitrogens is 2. The molecule has 0 radical (unpaired) electrons. The zero-order valence-electron chi connectivity index (χ0n) is 18.5. The maximum Gasteiger partial charge on any atom is 0.255 e. The van der Waals surface area contributed by atoms with Crippen LogP contribution >= 0.6 is 0 Å². The lowest BCUT2D eigenvalue weighted by Gasteiger charge is -2.18. The van der Waals surface area contributed by atoms with E-state index in [0.29, 0.717) is 24.5 Å². The first-order valence-electron chi connectivity index (χ1n) is 10.7. The Morgan fingerprint density at radius 2 is 1.69 bits per heavy atom. The highest BCUT2D eigenvalue weighted by molar-refractivity contribution is 5.97. The Kier molecular flexibility index (Phi) is 6.40. The van der Waals surface area contributed by atoms with Crippen LogP contribution in [-0.2, 0) is 6.54 Å². The van der Waals surface area contributed by atoms with Crippen molar-refractivity contribution in [2.24, 2.45) is 0 Å². The van der Waals surface area contributed by atoms with Crippen molar-refractivity contribution < 1.29 is 14.3 Å². The monoisotopic (exact) mass is 429 g/mol. The lowest BCUT2D eigenvalue weighted by Crippen LogP contribution is -2.29. The first kappa shape index (κ1) is 21.4. The van der Waals surface area contributed by atoms with E-state index in [1.165, 1.54) is 0 Å². The van der Waals surface area contributed by atoms with E-state index in [1.54, 1.807) is 19.2 Å². The van der Waals surface area contributed by atoms with Gasteiger partial charge in [0.15, 0.2) is 0 Å². The molecule has 0 saturated heterocycles. The number of nitrogens with zero attached hydrogens (tertiary/aromatic N) is 2. The quantitative estimate of drug-likeness (QED) is 0.432. The fourth-order valence-corrected chi connectivity index (χ4v) is 3.80. The Hall–Kier alpha value is -3.80. The van der Waals surface area contributed by atoms with Crippen LogP contribution in [-0.4, -0.2) is 29.2 Å². The fourth-order valence-electron chi connectivity index (χ4n) is 3.80. The molecular weight excluding hydrogens is 402 g/mol. The van der Waals surface area contributed by atoms with E-state index >= 15 is 0 Å². The van der Waals surface area contributed by atoms with Crippen LogP contribution in [0.15, 0.2) is 72.8 Å². The Labute approximate surface area is 187 Å². The predicted octanol–water partition coefficient (Wildman–Crippen LogP) is 4.92. The van der Waals surface area contributed by atoms with Crippen molar-refractivity contribution in [3.05, 3.63) is 89.7 Å². The molecule has 0 aliphatic heterocycles. The summed E-state index contributed by atoms with van der Waals surface area (Å²) in [5.74, 6) is 1.99. The van der Waals surface area contributed by atoms with Gasteiger partial charge < -0.3 is 19.4 Å². The van der Waals surface area contributed by atoms with Gasteiger partial charge in [-0.1, -0.05) is 42.5 Å². The minimum absolute atomic E-state index is 0.204. The highest BCUT2D eigenvalue weighted by atomic mass is 16.5. The number of imidazole rings is 1. The van der Waals surface area contributed by atoms with Gasteiger partial charge in [0.2, 0.25) is 0 Å². The summed E-state index contributed by atoms with van der Waals surface area (Å²) in [6.07, 6.45) is 0. The van der Waals surface area contributed by atoms with Crippen LogP contribution in [0, 0.1) is 6.92 Å². The number of carbonyl (C=O) groups is 1. The van der Waals surface area contributed by atoms with Crippen LogP contribution in [0.25, 0.3) is 11.0 Å². The maximum absolute atomic E-state index is 12.9. The number of amides is 1. The molecule has 0 aliphatic rings. The number of benzene rings is 3. The molecule has 4 rings (SSSR count). The number of methoxy groups -OCH3 is 1. The summed E-state index contributed by atoms with van der Waals surface area (Å²) < 4.78 is 13.5. The summed E-state index contributed by atoms with van der Waals surface area (Å²) >= 11 is 0. The van der Waals surface area contributed by atoms with Crippen molar-refractivity contribution in [3.63, 3.8) is 0 Å². The van der Waals surface area contributed by atoms with Crippen molar-refractivity contribution in [1.29, 1.82) is 0 Å². The second kappa shape index (κ2) is 9.56. The Morgan fingerprint density at radius 3 is 2.47 bits per heavy atom. The molecule has 0 saturated carbocycles. The molecule has 0 fully saturated rings. The number of fused-ring (bicyclic) bond motifs is 1. The van der Waals surface area contributed by atoms with Crippen molar-refractivity contribution in [3.8, 4) is 11.5 Å². The Morgan fingerprint density at radius 1 is 1.00 bits per heavy atom. The molecule has 1 N–H and O–H groups in total. The molecule has 6 heteroatoms. The average Bonchev–Trinajstić information content (AvgIpc) is 3.19.